The van der Waals surface area contributed by atoms with Crippen molar-refractivity contribution in [3.05, 3.63) is 35.9 Å². The maximum atomic E-state index is 14.6. The van der Waals surface area contributed by atoms with Gasteiger partial charge in [0.05, 0.1) is 42.7 Å². The molecule has 1 fully saturated rings. The highest BCUT2D eigenvalue weighted by atomic mass is 16.5. The molecule has 1 saturated heterocycles. The fraction of sp³-hybridized carbons (Fsp3) is 0.766. The zero-order valence-electron chi connectivity index (χ0n) is 39.5. The van der Waals surface area contributed by atoms with Crippen molar-refractivity contribution in [2.75, 3.05) is 55.0 Å². The maximum Gasteiger partial charge on any atom is 0.326 e. The predicted octanol–water partition coefficient (Wildman–Crippen LogP) is 5.64. The number of carboxylic acid groups (broad SMARTS) is 1. The van der Waals surface area contributed by atoms with Crippen molar-refractivity contribution in [1.29, 1.82) is 0 Å². The van der Waals surface area contributed by atoms with Gasteiger partial charge in [0, 0.05) is 52.6 Å². The SMILES string of the molecule is CC[C@H](C)[C@@H]([C@@H](CC(=O)N1CCC[C@H]1[C@H](OC)[C@@H](C)C(=O)N[C@@H](Cc1ccccc1)C(=O)O)OC)N(C)C(=O)[C@@H](CC(=O)[C@H](C(C)C)N(C)CCCN(C)C(C)C)C(C)C. The van der Waals surface area contributed by atoms with Crippen LogP contribution in [0.25, 0.3) is 0 Å². The van der Waals surface area contributed by atoms with Crippen molar-refractivity contribution in [3.63, 3.8) is 0 Å². The van der Waals surface area contributed by atoms with Crippen LogP contribution in [0, 0.1) is 29.6 Å². The summed E-state index contributed by atoms with van der Waals surface area (Å²) < 4.78 is 12.0. The van der Waals surface area contributed by atoms with Gasteiger partial charge in [0.1, 0.15) is 6.04 Å². The summed E-state index contributed by atoms with van der Waals surface area (Å²) in [6.07, 6.45) is 1.95. The molecule has 13 heteroatoms. The first-order valence-electron chi connectivity index (χ1n) is 22.3. The first-order chi connectivity index (χ1) is 28.2. The minimum atomic E-state index is -1.13. The fourth-order valence-corrected chi connectivity index (χ4v) is 8.96. The van der Waals surface area contributed by atoms with E-state index in [-0.39, 0.29) is 60.7 Å². The number of ketones is 1. The van der Waals surface area contributed by atoms with Crippen LogP contribution in [0.2, 0.25) is 0 Å². The highest BCUT2D eigenvalue weighted by molar-refractivity contribution is 5.90. The molecule has 0 bridgehead atoms. The first-order valence-corrected chi connectivity index (χ1v) is 22.3. The van der Waals surface area contributed by atoms with Crippen LogP contribution >= 0.6 is 0 Å². The summed E-state index contributed by atoms with van der Waals surface area (Å²) >= 11 is 0. The average molecular weight is 844 g/mol. The maximum absolute atomic E-state index is 14.6. The summed E-state index contributed by atoms with van der Waals surface area (Å²) in [5.74, 6) is -3.17. The normalized spacial score (nSPS) is 18.6. The average Bonchev–Trinajstić information content (AvgIpc) is 3.68. The van der Waals surface area contributed by atoms with E-state index in [0.29, 0.717) is 25.4 Å². The summed E-state index contributed by atoms with van der Waals surface area (Å²) in [5.41, 5.74) is 0.789. The van der Waals surface area contributed by atoms with E-state index in [2.05, 4.69) is 63.7 Å². The number of likely N-dealkylation sites (N-methyl/N-ethyl adjacent to an activating group) is 2. The van der Waals surface area contributed by atoms with Gasteiger partial charge < -0.3 is 34.6 Å². The molecule has 2 N–H and O–H groups in total. The van der Waals surface area contributed by atoms with Crippen molar-refractivity contribution in [1.82, 2.24) is 24.9 Å². The lowest BCUT2D eigenvalue weighted by molar-refractivity contribution is -0.149. The molecule has 60 heavy (non-hydrogen) atoms. The van der Waals surface area contributed by atoms with Gasteiger partial charge in [0.25, 0.3) is 0 Å². The number of aliphatic carboxylic acids is 1. The molecule has 2 rings (SSSR count). The zero-order chi connectivity index (χ0) is 45.4. The minimum Gasteiger partial charge on any atom is -0.480 e. The Bertz CT molecular complexity index is 1490. The van der Waals surface area contributed by atoms with Gasteiger partial charge in [0.15, 0.2) is 5.78 Å². The summed E-state index contributed by atoms with van der Waals surface area (Å²) in [6, 6.07) is 7.28. The lowest BCUT2D eigenvalue weighted by Crippen LogP contribution is -2.55. The fourth-order valence-electron chi connectivity index (χ4n) is 8.96. The number of nitrogens with zero attached hydrogens (tertiary/aromatic N) is 4. The van der Waals surface area contributed by atoms with E-state index in [9.17, 15) is 29.1 Å². The van der Waals surface area contributed by atoms with E-state index in [0.717, 1.165) is 31.5 Å². The van der Waals surface area contributed by atoms with Crippen LogP contribution in [0.5, 0.6) is 0 Å². The lowest BCUT2D eigenvalue weighted by atomic mass is 9.83. The molecule has 342 valence electrons. The predicted molar refractivity (Wildman–Crippen MR) is 237 cm³/mol. The van der Waals surface area contributed by atoms with Gasteiger partial charge >= 0.3 is 5.97 Å². The molecule has 1 aliphatic heterocycles. The van der Waals surface area contributed by atoms with Gasteiger partial charge in [-0.3, -0.25) is 24.1 Å². The van der Waals surface area contributed by atoms with Crippen LogP contribution in [-0.4, -0.2) is 152 Å². The molecule has 3 amide bonds. The quantitative estimate of drug-likeness (QED) is 0.114. The molecule has 1 aliphatic rings. The largest absolute Gasteiger partial charge is 0.480 e. The number of ether oxygens (including phenoxy) is 2. The molecular formula is C47H81N5O8. The Balaban J connectivity index is 2.26. The monoisotopic (exact) mass is 844 g/mol. The van der Waals surface area contributed by atoms with Crippen LogP contribution in [0.15, 0.2) is 30.3 Å². The molecule has 9 atom stereocenters. The Labute approximate surface area is 362 Å². The second-order valence-corrected chi connectivity index (χ2v) is 18.3. The van der Waals surface area contributed by atoms with Crippen molar-refractivity contribution in [2.24, 2.45) is 29.6 Å². The second-order valence-electron chi connectivity index (χ2n) is 18.3. The standard InChI is InChI=1S/C47H81N5O8/c1-15-33(8)43(51(12)46(56)36(30(2)3)28-39(53)42(31(4)5)50(11)25-20-24-49(10)32(6)7)40(59-13)29-41(54)52-26-19-23-38(52)44(60-14)34(9)45(55)48-37(47(57)58)27-35-21-17-16-18-22-35/h16-18,21-22,30-34,36-38,40,42-44H,15,19-20,23-29H2,1-14H3,(H,48,55)(H,57,58)/t33-,34+,36-,37-,38-,40+,42-,43-,44+/m0/s1. The van der Waals surface area contributed by atoms with Gasteiger partial charge in [-0.2, -0.15) is 0 Å². The summed E-state index contributed by atoms with van der Waals surface area (Å²) in [7, 11) is 8.97. The number of nitrogens with one attached hydrogen (secondary N) is 1. The molecule has 0 radical (unpaired) electrons. The number of amides is 3. The van der Waals surface area contributed by atoms with E-state index < -0.39 is 54.0 Å². The zero-order valence-corrected chi connectivity index (χ0v) is 39.5. The number of benzene rings is 1. The van der Waals surface area contributed by atoms with E-state index in [4.69, 9.17) is 9.47 Å². The molecule has 13 nitrogen and oxygen atoms in total. The molecule has 0 spiro atoms. The van der Waals surface area contributed by atoms with Crippen molar-refractivity contribution < 1.29 is 38.6 Å². The highest BCUT2D eigenvalue weighted by Gasteiger charge is 2.43. The van der Waals surface area contributed by atoms with Gasteiger partial charge in [-0.15, -0.1) is 0 Å². The van der Waals surface area contributed by atoms with Crippen molar-refractivity contribution in [2.45, 2.75) is 150 Å². The van der Waals surface area contributed by atoms with Crippen LogP contribution in [0.3, 0.4) is 0 Å². The van der Waals surface area contributed by atoms with Crippen LogP contribution < -0.4 is 5.32 Å². The van der Waals surface area contributed by atoms with Crippen molar-refractivity contribution >= 4 is 29.5 Å². The second kappa shape index (κ2) is 25.5. The molecule has 0 aliphatic carbocycles. The number of hydrogen-bond donors (Lipinski definition) is 2. The molecule has 0 aromatic heterocycles. The van der Waals surface area contributed by atoms with Crippen molar-refractivity contribution in [3.8, 4) is 0 Å². The molecular weight excluding hydrogens is 763 g/mol. The number of Topliss-reactive ketones (excluding diaryl/α,β-unsaturated/α-hetero) is 1. The summed E-state index contributed by atoms with van der Waals surface area (Å²) in [5, 5.41) is 12.6. The van der Waals surface area contributed by atoms with E-state index in [1.54, 1.807) is 30.9 Å². The van der Waals surface area contributed by atoms with E-state index in [1.807, 2.05) is 51.2 Å². The number of carbonyl (C=O) groups excluding carboxylic acids is 4. The molecule has 1 heterocycles. The number of hydrogen-bond acceptors (Lipinski definition) is 9. The molecule has 0 saturated carbocycles. The Morgan fingerprint density at radius 3 is 2.00 bits per heavy atom. The van der Waals surface area contributed by atoms with Crippen LogP contribution in [0.4, 0.5) is 0 Å². The summed E-state index contributed by atoms with van der Waals surface area (Å²) in [6.45, 7) is 20.4. The van der Waals surface area contributed by atoms with Crippen LogP contribution in [-0.2, 0) is 39.9 Å². The smallest absolute Gasteiger partial charge is 0.326 e. The molecule has 1 aromatic carbocycles. The summed E-state index contributed by atoms with van der Waals surface area (Å²) in [4.78, 5) is 76.6. The van der Waals surface area contributed by atoms with E-state index in [1.165, 1.54) is 7.11 Å². The topological polar surface area (TPSA) is 149 Å². The third kappa shape index (κ3) is 14.9. The third-order valence-corrected chi connectivity index (χ3v) is 13.0. The highest BCUT2D eigenvalue weighted by Crippen LogP contribution is 2.31. The van der Waals surface area contributed by atoms with E-state index >= 15 is 0 Å². The van der Waals surface area contributed by atoms with Gasteiger partial charge in [0.2, 0.25) is 17.7 Å². The first kappa shape index (κ1) is 52.7. The molecule has 1 aromatic rings. The minimum absolute atomic E-state index is 0.00624. The van der Waals surface area contributed by atoms with Gasteiger partial charge in [-0.1, -0.05) is 85.2 Å². The number of carboxylic acids is 1. The Hall–Kier alpha value is -3.39. The third-order valence-electron chi connectivity index (χ3n) is 13.0. The number of rotatable bonds is 27. The Morgan fingerprint density at radius 2 is 1.48 bits per heavy atom. The number of likely N-dealkylation sites (tertiary alicyclic amines) is 1. The number of carbonyl (C=O) groups is 5. The Morgan fingerprint density at radius 1 is 0.867 bits per heavy atom. The number of methoxy groups -OCH3 is 2. The van der Waals surface area contributed by atoms with Gasteiger partial charge in [-0.05, 0) is 83.6 Å². The van der Waals surface area contributed by atoms with Gasteiger partial charge in [-0.25, -0.2) is 4.79 Å². The van der Waals surface area contributed by atoms with Crippen LogP contribution in [0.1, 0.15) is 106 Å². The molecule has 0 unspecified atom stereocenters. The lowest BCUT2D eigenvalue weighted by Gasteiger charge is -2.41. The Kier molecular flexibility index (Phi) is 22.4.